The van der Waals surface area contributed by atoms with Gasteiger partial charge in [0.15, 0.2) is 0 Å². The van der Waals surface area contributed by atoms with Crippen LogP contribution in [0.5, 0.6) is 0 Å². The van der Waals surface area contributed by atoms with E-state index in [4.69, 9.17) is 5.11 Å². The fraction of sp³-hybridized carbons (Fsp3) is 0.600. The van der Waals surface area contributed by atoms with Crippen molar-refractivity contribution in [3.63, 3.8) is 0 Å². The molecule has 2 nitrogen and oxygen atoms in total. The van der Waals surface area contributed by atoms with Crippen molar-refractivity contribution < 1.29 is 18.3 Å². The Morgan fingerprint density at radius 3 is 2.67 bits per heavy atom. The highest BCUT2D eigenvalue weighted by molar-refractivity contribution is 7.99. The molecule has 0 amide bonds. The van der Waals surface area contributed by atoms with Crippen molar-refractivity contribution in [3.05, 3.63) is 29.3 Å². The van der Waals surface area contributed by atoms with Crippen LogP contribution in [0.1, 0.15) is 30.9 Å². The molecule has 1 unspecified atom stereocenters. The van der Waals surface area contributed by atoms with Crippen molar-refractivity contribution in [3.8, 4) is 0 Å². The Morgan fingerprint density at radius 2 is 2.10 bits per heavy atom. The normalized spacial score (nSPS) is 17.0. The van der Waals surface area contributed by atoms with Crippen molar-refractivity contribution in [1.82, 2.24) is 5.32 Å². The van der Waals surface area contributed by atoms with Crippen LogP contribution in [-0.2, 0) is 12.7 Å². The summed E-state index contributed by atoms with van der Waals surface area (Å²) in [6.45, 7) is 2.28. The number of benzene rings is 1. The predicted molar refractivity (Wildman–Crippen MR) is 78.3 cm³/mol. The van der Waals surface area contributed by atoms with Gasteiger partial charge in [0.05, 0.1) is 5.56 Å². The molecule has 0 radical (unpaired) electrons. The lowest BCUT2D eigenvalue weighted by atomic mass is 10.1. The van der Waals surface area contributed by atoms with Gasteiger partial charge < -0.3 is 10.4 Å². The first-order valence-corrected chi connectivity index (χ1v) is 8.06. The Balaban J connectivity index is 2.10. The Labute approximate surface area is 127 Å². The minimum Gasteiger partial charge on any atom is -0.396 e. The number of nitrogens with one attached hydrogen (secondary N) is 1. The van der Waals surface area contributed by atoms with Gasteiger partial charge in [-0.3, -0.25) is 0 Å². The van der Waals surface area contributed by atoms with Crippen molar-refractivity contribution in [1.29, 1.82) is 0 Å². The van der Waals surface area contributed by atoms with Gasteiger partial charge in [-0.15, -0.1) is 11.8 Å². The number of aliphatic hydroxyl groups excluding tert-OH is 1. The first-order chi connectivity index (χ1) is 9.90. The van der Waals surface area contributed by atoms with Crippen LogP contribution in [0.15, 0.2) is 23.1 Å². The zero-order chi connectivity index (χ0) is 15.5. The second-order valence-corrected chi connectivity index (χ2v) is 6.64. The molecule has 0 heterocycles. The lowest BCUT2D eigenvalue weighted by Gasteiger charge is -2.15. The molecule has 1 aromatic carbocycles. The Kier molecular flexibility index (Phi) is 5.57. The number of hydrogen-bond donors (Lipinski definition) is 2. The van der Waals surface area contributed by atoms with Gasteiger partial charge >= 0.3 is 6.18 Å². The highest BCUT2D eigenvalue weighted by Gasteiger charge is 2.34. The van der Waals surface area contributed by atoms with Gasteiger partial charge in [0.2, 0.25) is 0 Å². The second kappa shape index (κ2) is 7.03. The molecule has 1 atom stereocenters. The second-order valence-electron chi connectivity index (χ2n) is 5.58. The highest BCUT2D eigenvalue weighted by atomic mass is 32.2. The van der Waals surface area contributed by atoms with Crippen molar-refractivity contribution >= 4 is 11.8 Å². The van der Waals surface area contributed by atoms with E-state index in [-0.39, 0.29) is 17.4 Å². The lowest BCUT2D eigenvalue weighted by molar-refractivity contribution is -0.139. The van der Waals surface area contributed by atoms with Gasteiger partial charge in [-0.2, -0.15) is 13.2 Å². The molecule has 2 N–H and O–H groups in total. The maximum Gasteiger partial charge on any atom is 0.417 e. The number of alkyl halides is 3. The van der Waals surface area contributed by atoms with Gasteiger partial charge in [-0.25, -0.2) is 0 Å². The molecule has 0 spiro atoms. The summed E-state index contributed by atoms with van der Waals surface area (Å²) in [6, 6.07) is 5.00. The van der Waals surface area contributed by atoms with Crippen molar-refractivity contribution in [2.45, 2.75) is 43.4 Å². The Bertz CT molecular complexity index is 474. The van der Waals surface area contributed by atoms with E-state index in [9.17, 15) is 13.2 Å². The average Bonchev–Trinajstić information content (AvgIpc) is 3.26. The van der Waals surface area contributed by atoms with E-state index in [2.05, 4.69) is 5.32 Å². The minimum absolute atomic E-state index is 0.0161. The van der Waals surface area contributed by atoms with Gasteiger partial charge in [0.25, 0.3) is 0 Å². The number of thioether (sulfide) groups is 1. The van der Waals surface area contributed by atoms with Crippen LogP contribution in [-0.4, -0.2) is 23.5 Å². The van der Waals surface area contributed by atoms with E-state index in [1.54, 1.807) is 12.1 Å². The molecule has 1 aliphatic rings. The number of hydrogen-bond acceptors (Lipinski definition) is 3. The third-order valence-corrected chi connectivity index (χ3v) is 4.76. The zero-order valence-corrected chi connectivity index (χ0v) is 12.7. The summed E-state index contributed by atoms with van der Waals surface area (Å²) in [5.41, 5.74) is 0.0847. The summed E-state index contributed by atoms with van der Waals surface area (Å²) in [7, 11) is 0. The van der Waals surface area contributed by atoms with E-state index in [0.29, 0.717) is 23.9 Å². The Hall–Kier alpha value is -0.720. The molecular weight excluding hydrogens is 299 g/mol. The van der Waals surface area contributed by atoms with Crippen LogP contribution in [0.2, 0.25) is 0 Å². The molecule has 1 fully saturated rings. The average molecular weight is 319 g/mol. The van der Waals surface area contributed by atoms with Crippen LogP contribution in [0, 0.1) is 5.92 Å². The molecule has 2 rings (SSSR count). The standard InChI is InChI=1S/C15H20F3NOS/c1-10(8-20)9-21-14-5-2-11(7-19-12-3-4-12)6-13(14)15(16,17)18/h2,5-6,10,12,19-20H,3-4,7-9H2,1H3. The molecule has 21 heavy (non-hydrogen) atoms. The maximum absolute atomic E-state index is 13.2. The van der Waals surface area contributed by atoms with Crippen LogP contribution in [0.4, 0.5) is 13.2 Å². The quantitative estimate of drug-likeness (QED) is 0.752. The number of halogens is 3. The third kappa shape index (κ3) is 5.20. The number of aliphatic hydroxyl groups is 1. The van der Waals surface area contributed by atoms with Crippen LogP contribution < -0.4 is 5.32 Å². The van der Waals surface area contributed by atoms with Crippen molar-refractivity contribution in [2.24, 2.45) is 5.92 Å². The van der Waals surface area contributed by atoms with E-state index in [1.165, 1.54) is 6.07 Å². The summed E-state index contributed by atoms with van der Waals surface area (Å²) >= 11 is 1.15. The molecule has 0 bridgehead atoms. The highest BCUT2D eigenvalue weighted by Crippen LogP contribution is 2.38. The Morgan fingerprint density at radius 1 is 1.38 bits per heavy atom. The van der Waals surface area contributed by atoms with Gasteiger partial charge in [0.1, 0.15) is 0 Å². The molecule has 6 heteroatoms. The van der Waals surface area contributed by atoms with Crippen LogP contribution in [0.3, 0.4) is 0 Å². The molecule has 1 aliphatic carbocycles. The van der Waals surface area contributed by atoms with Gasteiger partial charge in [-0.05, 0) is 36.5 Å². The zero-order valence-electron chi connectivity index (χ0n) is 11.9. The fourth-order valence-corrected chi connectivity index (χ4v) is 2.93. The van der Waals surface area contributed by atoms with Gasteiger partial charge in [0, 0.05) is 29.8 Å². The summed E-state index contributed by atoms with van der Waals surface area (Å²) in [6.07, 6.45) is -2.13. The van der Waals surface area contributed by atoms with E-state index in [0.717, 1.165) is 24.6 Å². The lowest BCUT2D eigenvalue weighted by Crippen LogP contribution is -2.16. The number of rotatable bonds is 7. The third-order valence-electron chi connectivity index (χ3n) is 3.36. The first kappa shape index (κ1) is 16.6. The monoisotopic (exact) mass is 319 g/mol. The molecule has 0 aromatic heterocycles. The molecule has 0 saturated heterocycles. The minimum atomic E-state index is -4.35. The largest absolute Gasteiger partial charge is 0.417 e. The van der Waals surface area contributed by atoms with Crippen LogP contribution in [0.25, 0.3) is 0 Å². The fourth-order valence-electron chi connectivity index (χ4n) is 1.87. The van der Waals surface area contributed by atoms with Crippen LogP contribution >= 0.6 is 11.8 Å². The van der Waals surface area contributed by atoms with E-state index < -0.39 is 11.7 Å². The molecule has 118 valence electrons. The van der Waals surface area contributed by atoms with Crippen molar-refractivity contribution in [2.75, 3.05) is 12.4 Å². The summed E-state index contributed by atoms with van der Waals surface area (Å²) in [4.78, 5) is 0.234. The molecular formula is C15H20F3NOS. The van der Waals surface area contributed by atoms with Gasteiger partial charge in [-0.1, -0.05) is 13.0 Å². The molecule has 1 saturated carbocycles. The molecule has 1 aromatic rings. The summed E-state index contributed by atoms with van der Waals surface area (Å²) in [5, 5.41) is 12.2. The smallest absolute Gasteiger partial charge is 0.396 e. The first-order valence-electron chi connectivity index (χ1n) is 7.07. The van der Waals surface area contributed by atoms with E-state index in [1.807, 2.05) is 6.92 Å². The summed E-state index contributed by atoms with van der Waals surface area (Å²) < 4.78 is 39.5. The molecule has 0 aliphatic heterocycles. The summed E-state index contributed by atoms with van der Waals surface area (Å²) in [5.74, 6) is 0.450. The van der Waals surface area contributed by atoms with E-state index >= 15 is 0 Å². The predicted octanol–water partition coefficient (Wildman–Crippen LogP) is 3.68. The maximum atomic E-state index is 13.2. The topological polar surface area (TPSA) is 32.3 Å². The SMILES string of the molecule is CC(CO)CSc1ccc(CNC2CC2)cc1C(F)(F)F.